The first-order valence-corrected chi connectivity index (χ1v) is 8.80. The van der Waals surface area contributed by atoms with Crippen molar-refractivity contribution in [3.63, 3.8) is 0 Å². The molecule has 0 radical (unpaired) electrons. The Bertz CT molecular complexity index is 539. The lowest BCUT2D eigenvalue weighted by Gasteiger charge is -2.19. The zero-order chi connectivity index (χ0) is 13.1. The van der Waals surface area contributed by atoms with Crippen LogP contribution < -0.4 is 5.32 Å². The zero-order valence-electron chi connectivity index (χ0n) is 9.71. The maximum atomic E-state index is 3.64. The van der Waals surface area contributed by atoms with Gasteiger partial charge < -0.3 is 5.32 Å². The molecule has 2 aromatic rings. The van der Waals surface area contributed by atoms with E-state index in [1.54, 1.807) is 11.3 Å². The average Bonchev–Trinajstić information content (AvgIpc) is 2.76. The molecule has 0 amide bonds. The van der Waals surface area contributed by atoms with Crippen molar-refractivity contribution < 1.29 is 0 Å². The summed E-state index contributed by atoms with van der Waals surface area (Å²) in [6.45, 7) is 3.05. The fourth-order valence-electron chi connectivity index (χ4n) is 1.80. The molecule has 2 rings (SSSR count). The van der Waals surface area contributed by atoms with Gasteiger partial charge in [0.1, 0.15) is 0 Å². The van der Waals surface area contributed by atoms with Gasteiger partial charge in [0.15, 0.2) is 0 Å². The monoisotopic (exact) mass is 451 g/mol. The minimum absolute atomic E-state index is 0.205. The van der Waals surface area contributed by atoms with Crippen LogP contribution in [0.3, 0.4) is 0 Å². The minimum atomic E-state index is 0.205. The Morgan fingerprint density at radius 1 is 1.17 bits per heavy atom. The summed E-state index contributed by atoms with van der Waals surface area (Å²) in [5, 5.41) is 5.65. The molecule has 18 heavy (non-hydrogen) atoms. The molecule has 0 spiro atoms. The SMILES string of the molecule is CCNC(c1cc(Br)ccc1Br)c1sccc1Br. The highest BCUT2D eigenvalue weighted by molar-refractivity contribution is 9.11. The Hall–Kier alpha value is 0.320. The summed E-state index contributed by atoms with van der Waals surface area (Å²) in [7, 11) is 0. The van der Waals surface area contributed by atoms with Crippen LogP contribution in [0.5, 0.6) is 0 Å². The van der Waals surface area contributed by atoms with Gasteiger partial charge in [-0.1, -0.05) is 38.8 Å². The Morgan fingerprint density at radius 2 is 1.94 bits per heavy atom. The molecule has 0 aliphatic heterocycles. The van der Waals surface area contributed by atoms with Gasteiger partial charge in [-0.3, -0.25) is 0 Å². The van der Waals surface area contributed by atoms with E-state index in [0.29, 0.717) is 0 Å². The van der Waals surface area contributed by atoms with Crippen LogP contribution in [0.25, 0.3) is 0 Å². The standard InChI is InChI=1S/C13H12Br3NS/c1-2-17-12(13-11(16)5-6-18-13)9-7-8(14)3-4-10(9)15/h3-7,12,17H,2H2,1H3. The van der Waals surface area contributed by atoms with Crippen molar-refractivity contribution >= 4 is 59.1 Å². The smallest absolute Gasteiger partial charge is 0.0693 e. The summed E-state index contributed by atoms with van der Waals surface area (Å²) < 4.78 is 3.37. The lowest BCUT2D eigenvalue weighted by atomic mass is 10.1. The van der Waals surface area contributed by atoms with Crippen molar-refractivity contribution in [3.8, 4) is 0 Å². The van der Waals surface area contributed by atoms with Crippen molar-refractivity contribution in [1.82, 2.24) is 5.32 Å². The number of thiophene rings is 1. The Balaban J connectivity index is 2.48. The highest BCUT2D eigenvalue weighted by atomic mass is 79.9. The van der Waals surface area contributed by atoms with E-state index < -0.39 is 0 Å². The fourth-order valence-corrected chi connectivity index (χ4v) is 4.34. The van der Waals surface area contributed by atoms with Gasteiger partial charge in [0.25, 0.3) is 0 Å². The van der Waals surface area contributed by atoms with Crippen LogP contribution >= 0.6 is 59.1 Å². The molecule has 1 aromatic carbocycles. The van der Waals surface area contributed by atoms with E-state index in [0.717, 1.165) is 20.0 Å². The van der Waals surface area contributed by atoms with Crippen LogP contribution in [0.4, 0.5) is 0 Å². The molecule has 1 N–H and O–H groups in total. The quantitative estimate of drug-likeness (QED) is 0.622. The Kier molecular flexibility index (Phi) is 5.45. The molecule has 0 fully saturated rings. The minimum Gasteiger partial charge on any atom is -0.306 e. The first-order valence-electron chi connectivity index (χ1n) is 5.54. The molecule has 1 atom stereocenters. The van der Waals surface area contributed by atoms with Crippen molar-refractivity contribution in [2.75, 3.05) is 6.54 Å². The molecule has 0 aliphatic carbocycles. The van der Waals surface area contributed by atoms with Crippen molar-refractivity contribution in [3.05, 3.63) is 53.5 Å². The molecule has 1 aromatic heterocycles. The number of benzene rings is 1. The second-order valence-corrected chi connectivity index (χ2v) is 7.36. The summed E-state index contributed by atoms with van der Waals surface area (Å²) in [6.07, 6.45) is 0. The third-order valence-electron chi connectivity index (χ3n) is 2.58. The lowest BCUT2D eigenvalue weighted by Crippen LogP contribution is -2.21. The third kappa shape index (κ3) is 3.25. The normalized spacial score (nSPS) is 12.7. The van der Waals surface area contributed by atoms with E-state index in [4.69, 9.17) is 0 Å². The molecule has 0 aliphatic rings. The van der Waals surface area contributed by atoms with Crippen molar-refractivity contribution in [1.29, 1.82) is 0 Å². The Morgan fingerprint density at radius 3 is 2.56 bits per heavy atom. The predicted octanol–water partition coefficient (Wildman–Crippen LogP) is 5.73. The van der Waals surface area contributed by atoms with Crippen LogP contribution in [-0.2, 0) is 0 Å². The van der Waals surface area contributed by atoms with Crippen LogP contribution in [0, 0.1) is 0 Å². The summed E-state index contributed by atoms with van der Waals surface area (Å²) in [5.74, 6) is 0. The topological polar surface area (TPSA) is 12.0 Å². The van der Waals surface area contributed by atoms with Crippen LogP contribution in [0.1, 0.15) is 23.4 Å². The summed E-state index contributed by atoms with van der Waals surface area (Å²) in [6, 6.07) is 8.57. The van der Waals surface area contributed by atoms with E-state index >= 15 is 0 Å². The van der Waals surface area contributed by atoms with E-state index in [1.807, 2.05) is 6.07 Å². The zero-order valence-corrected chi connectivity index (χ0v) is 15.3. The fraction of sp³-hybridized carbons (Fsp3) is 0.231. The molecular formula is C13H12Br3NS. The summed E-state index contributed by atoms with van der Waals surface area (Å²) in [4.78, 5) is 1.30. The van der Waals surface area contributed by atoms with E-state index in [1.165, 1.54) is 10.4 Å². The van der Waals surface area contributed by atoms with Crippen LogP contribution in [0.15, 0.2) is 43.1 Å². The third-order valence-corrected chi connectivity index (χ3v) is 5.74. The number of hydrogen-bond acceptors (Lipinski definition) is 2. The first-order chi connectivity index (χ1) is 8.63. The van der Waals surface area contributed by atoms with Crippen LogP contribution in [-0.4, -0.2) is 6.54 Å². The maximum Gasteiger partial charge on any atom is 0.0693 e. The molecular weight excluding hydrogens is 442 g/mol. The highest BCUT2D eigenvalue weighted by Gasteiger charge is 2.19. The molecule has 1 unspecified atom stereocenters. The molecule has 5 heteroatoms. The van der Waals surface area contributed by atoms with Gasteiger partial charge >= 0.3 is 0 Å². The van der Waals surface area contributed by atoms with Gasteiger partial charge in [-0.2, -0.15) is 0 Å². The van der Waals surface area contributed by atoms with Crippen LogP contribution in [0.2, 0.25) is 0 Å². The number of hydrogen-bond donors (Lipinski definition) is 1. The average molecular weight is 454 g/mol. The second-order valence-electron chi connectivity index (χ2n) is 3.79. The van der Waals surface area contributed by atoms with Gasteiger partial charge in [-0.25, -0.2) is 0 Å². The number of halogens is 3. The van der Waals surface area contributed by atoms with Crippen molar-refractivity contribution in [2.24, 2.45) is 0 Å². The molecule has 1 heterocycles. The van der Waals surface area contributed by atoms with Gasteiger partial charge in [-0.15, -0.1) is 11.3 Å². The summed E-state index contributed by atoms with van der Waals surface area (Å²) >= 11 is 12.6. The first kappa shape index (κ1) is 14.7. The molecule has 0 saturated carbocycles. The lowest BCUT2D eigenvalue weighted by molar-refractivity contribution is 0.635. The molecule has 1 nitrogen and oxygen atoms in total. The molecule has 0 saturated heterocycles. The second kappa shape index (κ2) is 6.66. The largest absolute Gasteiger partial charge is 0.306 e. The van der Waals surface area contributed by atoms with E-state index in [-0.39, 0.29) is 6.04 Å². The number of rotatable bonds is 4. The van der Waals surface area contributed by atoms with Crippen molar-refractivity contribution in [2.45, 2.75) is 13.0 Å². The highest BCUT2D eigenvalue weighted by Crippen LogP contribution is 2.37. The predicted molar refractivity (Wildman–Crippen MR) is 89.4 cm³/mol. The van der Waals surface area contributed by atoms with E-state index in [9.17, 15) is 0 Å². The summed E-state index contributed by atoms with van der Waals surface area (Å²) in [5.41, 5.74) is 1.24. The van der Waals surface area contributed by atoms with Gasteiger partial charge in [0, 0.05) is 18.3 Å². The van der Waals surface area contributed by atoms with E-state index in [2.05, 4.69) is 83.6 Å². The maximum absolute atomic E-state index is 3.64. The molecule has 0 bridgehead atoms. The Labute approximate surface area is 136 Å². The van der Waals surface area contributed by atoms with Gasteiger partial charge in [0.2, 0.25) is 0 Å². The number of nitrogens with one attached hydrogen (secondary N) is 1. The van der Waals surface area contributed by atoms with Gasteiger partial charge in [-0.05, 0) is 57.7 Å². The van der Waals surface area contributed by atoms with Gasteiger partial charge in [0.05, 0.1) is 6.04 Å². The molecule has 96 valence electrons.